The van der Waals surface area contributed by atoms with Gasteiger partial charge in [-0.2, -0.15) is 0 Å². The quantitative estimate of drug-likeness (QED) is 0.824. The van der Waals surface area contributed by atoms with Crippen molar-refractivity contribution in [3.8, 4) is 0 Å². The minimum atomic E-state index is 0. The van der Waals surface area contributed by atoms with Crippen molar-refractivity contribution >= 4 is 12.4 Å². The Bertz CT molecular complexity index is 276. The molecule has 1 aromatic carbocycles. The Morgan fingerprint density at radius 1 is 1.33 bits per heavy atom. The van der Waals surface area contributed by atoms with E-state index in [4.69, 9.17) is 0 Å². The van der Waals surface area contributed by atoms with Crippen molar-refractivity contribution < 1.29 is 0 Å². The van der Waals surface area contributed by atoms with Crippen molar-refractivity contribution in [2.45, 2.75) is 12.5 Å². The van der Waals surface area contributed by atoms with Crippen LogP contribution in [0.4, 0.5) is 0 Å². The summed E-state index contributed by atoms with van der Waals surface area (Å²) in [6.07, 6.45) is 1.14. The molecule has 1 saturated heterocycles. The molecule has 0 bridgehead atoms. The van der Waals surface area contributed by atoms with Gasteiger partial charge in [0, 0.05) is 25.7 Å². The number of nitrogens with one attached hydrogen (secondary N) is 1. The first kappa shape index (κ1) is 12.5. The van der Waals surface area contributed by atoms with Gasteiger partial charge in [-0.15, -0.1) is 12.4 Å². The molecule has 0 aromatic heterocycles. The highest BCUT2D eigenvalue weighted by molar-refractivity contribution is 5.85. The van der Waals surface area contributed by atoms with Crippen LogP contribution in [0.15, 0.2) is 30.3 Å². The van der Waals surface area contributed by atoms with Crippen LogP contribution in [0.1, 0.15) is 5.56 Å². The number of hydrogen-bond acceptors (Lipinski definition) is 2. The predicted molar refractivity (Wildman–Crippen MR) is 66.7 cm³/mol. The Balaban J connectivity index is 0.00000112. The van der Waals surface area contributed by atoms with Gasteiger partial charge in [0.25, 0.3) is 0 Å². The Morgan fingerprint density at radius 2 is 2.07 bits per heavy atom. The summed E-state index contributed by atoms with van der Waals surface area (Å²) in [6, 6.07) is 11.3. The van der Waals surface area contributed by atoms with Crippen molar-refractivity contribution in [2.75, 3.05) is 26.7 Å². The molecule has 3 heteroatoms. The van der Waals surface area contributed by atoms with Crippen molar-refractivity contribution in [1.29, 1.82) is 0 Å². The predicted octanol–water partition coefficient (Wildman–Crippen LogP) is 1.55. The molecule has 1 aliphatic rings. The lowest BCUT2D eigenvalue weighted by Gasteiger charge is -2.30. The monoisotopic (exact) mass is 226 g/mol. The zero-order valence-corrected chi connectivity index (χ0v) is 9.96. The van der Waals surface area contributed by atoms with Crippen LogP contribution < -0.4 is 5.32 Å². The Hall–Kier alpha value is -0.570. The molecule has 1 aromatic rings. The van der Waals surface area contributed by atoms with E-state index in [1.54, 1.807) is 0 Å². The van der Waals surface area contributed by atoms with E-state index in [9.17, 15) is 0 Å². The van der Waals surface area contributed by atoms with E-state index in [-0.39, 0.29) is 12.4 Å². The van der Waals surface area contributed by atoms with Crippen molar-refractivity contribution in [3.63, 3.8) is 0 Å². The van der Waals surface area contributed by atoms with Gasteiger partial charge in [-0.3, -0.25) is 0 Å². The minimum absolute atomic E-state index is 0. The van der Waals surface area contributed by atoms with Gasteiger partial charge >= 0.3 is 0 Å². The van der Waals surface area contributed by atoms with Gasteiger partial charge in [0.05, 0.1) is 0 Å². The summed E-state index contributed by atoms with van der Waals surface area (Å²) >= 11 is 0. The molecule has 84 valence electrons. The number of hydrogen-bond donors (Lipinski definition) is 1. The summed E-state index contributed by atoms with van der Waals surface area (Å²) in [4.78, 5) is 2.39. The fourth-order valence-electron chi connectivity index (χ4n) is 2.03. The van der Waals surface area contributed by atoms with Gasteiger partial charge in [0.2, 0.25) is 0 Å². The van der Waals surface area contributed by atoms with Crippen LogP contribution in [0.5, 0.6) is 0 Å². The first-order valence-electron chi connectivity index (χ1n) is 5.30. The fraction of sp³-hybridized carbons (Fsp3) is 0.500. The molecule has 1 aliphatic heterocycles. The second kappa shape index (κ2) is 6.11. The third kappa shape index (κ3) is 3.82. The highest BCUT2D eigenvalue weighted by Gasteiger charge is 2.15. The van der Waals surface area contributed by atoms with Crippen LogP contribution in [0.25, 0.3) is 0 Å². The summed E-state index contributed by atoms with van der Waals surface area (Å²) in [5, 5.41) is 3.56. The van der Waals surface area contributed by atoms with Crippen LogP contribution in [0, 0.1) is 0 Å². The molecular weight excluding hydrogens is 208 g/mol. The van der Waals surface area contributed by atoms with Crippen LogP contribution in [-0.4, -0.2) is 37.6 Å². The van der Waals surface area contributed by atoms with E-state index in [0.717, 1.165) is 19.5 Å². The van der Waals surface area contributed by atoms with Gasteiger partial charge in [0.15, 0.2) is 0 Å². The van der Waals surface area contributed by atoms with E-state index in [2.05, 4.69) is 47.6 Å². The maximum Gasteiger partial charge on any atom is 0.0235 e. The smallest absolute Gasteiger partial charge is 0.0235 e. The fourth-order valence-corrected chi connectivity index (χ4v) is 2.03. The lowest BCUT2D eigenvalue weighted by atomic mass is 10.0. The molecule has 2 rings (SSSR count). The maximum atomic E-state index is 3.56. The Kier molecular flexibility index (Phi) is 5.09. The first-order chi connectivity index (χ1) is 6.84. The number of nitrogens with zero attached hydrogens (tertiary/aromatic N) is 1. The molecular formula is C12H19ClN2. The summed E-state index contributed by atoms with van der Waals surface area (Å²) in [5.74, 6) is 0. The van der Waals surface area contributed by atoms with Crippen LogP contribution in [-0.2, 0) is 6.42 Å². The van der Waals surface area contributed by atoms with E-state index < -0.39 is 0 Å². The molecule has 1 N–H and O–H groups in total. The molecule has 1 fully saturated rings. The van der Waals surface area contributed by atoms with Crippen LogP contribution in [0.3, 0.4) is 0 Å². The maximum absolute atomic E-state index is 3.56. The van der Waals surface area contributed by atoms with Gasteiger partial charge in [-0.25, -0.2) is 0 Å². The van der Waals surface area contributed by atoms with Crippen molar-refractivity contribution in [3.05, 3.63) is 35.9 Å². The van der Waals surface area contributed by atoms with E-state index in [0.29, 0.717) is 6.04 Å². The molecule has 0 aliphatic carbocycles. The minimum Gasteiger partial charge on any atom is -0.311 e. The summed E-state index contributed by atoms with van der Waals surface area (Å²) < 4.78 is 0. The molecule has 0 unspecified atom stereocenters. The topological polar surface area (TPSA) is 15.3 Å². The lowest BCUT2D eigenvalue weighted by molar-refractivity contribution is 0.238. The van der Waals surface area contributed by atoms with E-state index in [1.807, 2.05) is 0 Å². The largest absolute Gasteiger partial charge is 0.311 e. The van der Waals surface area contributed by atoms with Crippen molar-refractivity contribution in [1.82, 2.24) is 10.2 Å². The molecule has 0 saturated carbocycles. The molecule has 1 atom stereocenters. The number of benzene rings is 1. The molecule has 0 amide bonds. The molecule has 2 nitrogen and oxygen atoms in total. The molecule has 0 radical (unpaired) electrons. The third-order valence-corrected chi connectivity index (χ3v) is 2.78. The zero-order valence-electron chi connectivity index (χ0n) is 9.15. The number of halogens is 1. The van der Waals surface area contributed by atoms with Gasteiger partial charge in [-0.05, 0) is 19.0 Å². The molecule has 15 heavy (non-hydrogen) atoms. The Labute approximate surface area is 98.1 Å². The average molecular weight is 227 g/mol. The summed E-state index contributed by atoms with van der Waals surface area (Å²) in [5.41, 5.74) is 1.43. The third-order valence-electron chi connectivity index (χ3n) is 2.78. The average Bonchev–Trinajstić information content (AvgIpc) is 2.19. The summed E-state index contributed by atoms with van der Waals surface area (Å²) in [6.45, 7) is 3.45. The molecule has 1 heterocycles. The second-order valence-electron chi connectivity index (χ2n) is 4.10. The van der Waals surface area contributed by atoms with Crippen LogP contribution >= 0.6 is 12.4 Å². The first-order valence-corrected chi connectivity index (χ1v) is 5.30. The standard InChI is InChI=1S/C12H18N2.ClH/c1-14-8-7-13-12(10-14)9-11-5-3-2-4-6-11;/h2-6,12-13H,7-10H2,1H3;1H/t12-;/m1./s1. The van der Waals surface area contributed by atoms with E-state index in [1.165, 1.54) is 12.1 Å². The van der Waals surface area contributed by atoms with Gasteiger partial charge in [0.1, 0.15) is 0 Å². The van der Waals surface area contributed by atoms with Gasteiger partial charge < -0.3 is 10.2 Å². The summed E-state index contributed by atoms with van der Waals surface area (Å²) in [7, 11) is 2.19. The molecule has 0 spiro atoms. The highest BCUT2D eigenvalue weighted by atomic mass is 35.5. The van der Waals surface area contributed by atoms with Crippen LogP contribution in [0.2, 0.25) is 0 Å². The SMILES string of the molecule is CN1CCN[C@H](Cc2ccccc2)C1.Cl. The Morgan fingerprint density at radius 3 is 2.73 bits per heavy atom. The zero-order chi connectivity index (χ0) is 9.80. The van der Waals surface area contributed by atoms with E-state index >= 15 is 0 Å². The normalized spacial score (nSPS) is 22.1. The number of likely N-dealkylation sites (N-methyl/N-ethyl adjacent to an activating group) is 1. The lowest BCUT2D eigenvalue weighted by Crippen LogP contribution is -2.49. The highest BCUT2D eigenvalue weighted by Crippen LogP contribution is 2.06. The number of piperazine rings is 1. The second-order valence-corrected chi connectivity index (χ2v) is 4.10. The number of rotatable bonds is 2. The van der Waals surface area contributed by atoms with Crippen molar-refractivity contribution in [2.24, 2.45) is 0 Å². The van der Waals surface area contributed by atoms with Gasteiger partial charge in [-0.1, -0.05) is 30.3 Å².